The van der Waals surface area contributed by atoms with Gasteiger partial charge in [-0.3, -0.25) is 0 Å². The van der Waals surface area contributed by atoms with E-state index < -0.39 is 0 Å². The first-order valence-electron chi connectivity index (χ1n) is 6.08. The van der Waals surface area contributed by atoms with Crippen LogP contribution in [0.1, 0.15) is 17.5 Å². The Balaban J connectivity index is 2.08. The molecule has 0 aliphatic rings. The van der Waals surface area contributed by atoms with Crippen molar-refractivity contribution in [2.24, 2.45) is 0 Å². The lowest BCUT2D eigenvalue weighted by molar-refractivity contribution is 1.34. The van der Waals surface area contributed by atoms with Crippen LogP contribution >= 0.6 is 0 Å². The van der Waals surface area contributed by atoms with E-state index in [1.165, 1.54) is 0 Å². The van der Waals surface area contributed by atoms with Crippen LogP contribution in [-0.2, 0) is 0 Å². The highest BCUT2D eigenvalue weighted by molar-refractivity contribution is 5.57. The third-order valence-electron chi connectivity index (χ3n) is 2.57. The van der Waals surface area contributed by atoms with Gasteiger partial charge in [0.05, 0.1) is 6.07 Å². The Bertz CT molecular complexity index is 650. The zero-order chi connectivity index (χ0) is 13.3. The summed E-state index contributed by atoms with van der Waals surface area (Å²) in [4.78, 5) is 0. The van der Waals surface area contributed by atoms with Crippen molar-refractivity contribution in [2.45, 2.75) is 6.42 Å². The molecule has 1 heteroatoms. The third-order valence-corrected chi connectivity index (χ3v) is 2.57. The minimum atomic E-state index is 0.473. The smallest absolute Gasteiger partial charge is 0.0957 e. The molecule has 0 unspecified atom stereocenters. The summed E-state index contributed by atoms with van der Waals surface area (Å²) in [6, 6.07) is 21.8. The quantitative estimate of drug-likeness (QED) is 0.577. The minimum Gasteiger partial charge on any atom is -0.193 e. The highest BCUT2D eigenvalue weighted by Gasteiger charge is 1.93. The first kappa shape index (κ1) is 12.7. The second-order valence-electron chi connectivity index (χ2n) is 4.04. The Morgan fingerprint density at radius 2 is 1.58 bits per heavy atom. The molecule has 19 heavy (non-hydrogen) atoms. The van der Waals surface area contributed by atoms with Crippen molar-refractivity contribution in [1.29, 1.82) is 5.26 Å². The van der Waals surface area contributed by atoms with Gasteiger partial charge >= 0.3 is 0 Å². The van der Waals surface area contributed by atoms with Gasteiger partial charge < -0.3 is 0 Å². The molecule has 2 rings (SSSR count). The molecule has 0 aromatic heterocycles. The van der Waals surface area contributed by atoms with Crippen molar-refractivity contribution in [3.05, 3.63) is 77.4 Å². The van der Waals surface area contributed by atoms with Crippen molar-refractivity contribution in [1.82, 2.24) is 0 Å². The first-order valence-corrected chi connectivity index (χ1v) is 6.08. The summed E-state index contributed by atoms with van der Waals surface area (Å²) in [5.41, 5.74) is 2.68. The Morgan fingerprint density at radius 3 is 2.21 bits per heavy atom. The van der Waals surface area contributed by atoms with E-state index >= 15 is 0 Å². The monoisotopic (exact) mass is 243 g/mol. The number of hydrogen-bond acceptors (Lipinski definition) is 1. The summed E-state index contributed by atoms with van der Waals surface area (Å²) in [6.07, 6.45) is 2.35. The summed E-state index contributed by atoms with van der Waals surface area (Å²) in [7, 11) is 0. The predicted octanol–water partition coefficient (Wildman–Crippen LogP) is 4.04. The minimum absolute atomic E-state index is 0.473. The average molecular weight is 243 g/mol. The van der Waals surface area contributed by atoms with Crippen LogP contribution in [0, 0.1) is 23.2 Å². The molecule has 0 aliphatic heterocycles. The van der Waals surface area contributed by atoms with Crippen LogP contribution < -0.4 is 0 Å². The fraction of sp³-hybridized carbons (Fsp3) is 0.0556. The molecule has 2 aromatic carbocycles. The second kappa shape index (κ2) is 6.84. The Labute approximate surface area is 113 Å². The van der Waals surface area contributed by atoms with E-state index in [4.69, 9.17) is 5.26 Å². The van der Waals surface area contributed by atoms with E-state index in [9.17, 15) is 0 Å². The summed E-state index contributed by atoms with van der Waals surface area (Å²) >= 11 is 0. The number of nitriles is 1. The highest BCUT2D eigenvalue weighted by Crippen LogP contribution is 2.08. The van der Waals surface area contributed by atoms with Gasteiger partial charge in [-0.25, -0.2) is 0 Å². The van der Waals surface area contributed by atoms with Crippen LogP contribution in [0.2, 0.25) is 0 Å². The predicted molar refractivity (Wildman–Crippen MR) is 78.0 cm³/mol. The normalized spacial score (nSPS) is 10.2. The topological polar surface area (TPSA) is 23.8 Å². The Hall–Kier alpha value is -2.77. The van der Waals surface area contributed by atoms with E-state index in [-0.39, 0.29) is 0 Å². The van der Waals surface area contributed by atoms with Gasteiger partial charge in [-0.15, -0.1) is 0 Å². The molecular formula is C18H13N. The molecule has 90 valence electrons. The molecule has 0 atom stereocenters. The maximum atomic E-state index is 9.10. The van der Waals surface area contributed by atoms with Gasteiger partial charge in [-0.05, 0) is 23.8 Å². The molecule has 0 heterocycles. The summed E-state index contributed by atoms with van der Waals surface area (Å²) < 4.78 is 0. The van der Waals surface area contributed by atoms with Gasteiger partial charge in [0, 0.05) is 17.6 Å². The summed E-state index contributed by atoms with van der Waals surface area (Å²) in [5, 5.41) is 9.10. The van der Waals surface area contributed by atoms with E-state index in [0.717, 1.165) is 11.1 Å². The second-order valence-corrected chi connectivity index (χ2v) is 4.04. The van der Waals surface area contributed by atoms with Crippen molar-refractivity contribution in [2.75, 3.05) is 0 Å². The van der Waals surface area contributed by atoms with Gasteiger partial charge in [0.15, 0.2) is 0 Å². The summed E-state index contributed by atoms with van der Waals surface area (Å²) in [6.45, 7) is 0. The van der Waals surface area contributed by atoms with Crippen LogP contribution in [0.5, 0.6) is 0 Å². The Morgan fingerprint density at radius 1 is 0.947 bits per heavy atom. The van der Waals surface area contributed by atoms with E-state index in [1.807, 2.05) is 66.7 Å². The summed E-state index contributed by atoms with van der Waals surface area (Å²) in [5.74, 6) is 6.09. The number of benzene rings is 2. The molecule has 2 aromatic rings. The van der Waals surface area contributed by atoms with Crippen LogP contribution in [0.4, 0.5) is 0 Å². The largest absolute Gasteiger partial charge is 0.193 e. The van der Waals surface area contributed by atoms with Gasteiger partial charge in [0.1, 0.15) is 0 Å². The molecule has 0 bridgehead atoms. The van der Waals surface area contributed by atoms with E-state index in [0.29, 0.717) is 12.0 Å². The lowest BCUT2D eigenvalue weighted by Gasteiger charge is -1.93. The fourth-order valence-corrected chi connectivity index (χ4v) is 1.64. The van der Waals surface area contributed by atoms with Crippen LogP contribution in [0.15, 0.2) is 66.2 Å². The molecule has 0 saturated heterocycles. The zero-order valence-electron chi connectivity index (χ0n) is 10.5. The van der Waals surface area contributed by atoms with E-state index in [1.54, 1.807) is 0 Å². The first-order chi connectivity index (χ1) is 9.38. The zero-order valence-corrected chi connectivity index (χ0v) is 10.5. The molecule has 0 N–H and O–H groups in total. The standard InChI is InChI=1S/C18H13N/c19-15-18(14-17-10-5-2-6-11-17)13-7-12-16-8-3-1-4-9-16/h1-6,8-11,14H,13H2/b18-14-. The van der Waals surface area contributed by atoms with Gasteiger partial charge in [0.25, 0.3) is 0 Å². The molecule has 0 saturated carbocycles. The molecule has 0 spiro atoms. The van der Waals surface area contributed by atoms with Crippen molar-refractivity contribution >= 4 is 6.08 Å². The molecule has 0 amide bonds. The average Bonchev–Trinajstić information content (AvgIpc) is 2.48. The van der Waals surface area contributed by atoms with Gasteiger partial charge in [-0.1, -0.05) is 60.4 Å². The molecule has 0 radical (unpaired) electrons. The number of rotatable bonds is 2. The highest BCUT2D eigenvalue weighted by atomic mass is 14.2. The Kier molecular flexibility index (Phi) is 4.57. The third kappa shape index (κ3) is 4.19. The van der Waals surface area contributed by atoms with Crippen molar-refractivity contribution in [3.63, 3.8) is 0 Å². The number of allylic oxidation sites excluding steroid dienone is 1. The SMILES string of the molecule is N#C/C(=C\c1ccccc1)CC#Cc1ccccc1. The molecule has 0 aliphatic carbocycles. The number of nitrogens with zero attached hydrogens (tertiary/aromatic N) is 1. The van der Waals surface area contributed by atoms with Crippen molar-refractivity contribution in [3.8, 4) is 17.9 Å². The van der Waals surface area contributed by atoms with Gasteiger partial charge in [0.2, 0.25) is 0 Å². The number of hydrogen-bond donors (Lipinski definition) is 0. The molecule has 1 nitrogen and oxygen atoms in total. The molecular weight excluding hydrogens is 230 g/mol. The van der Waals surface area contributed by atoms with Crippen LogP contribution in [0.25, 0.3) is 6.08 Å². The van der Waals surface area contributed by atoms with Crippen molar-refractivity contribution < 1.29 is 0 Å². The maximum Gasteiger partial charge on any atom is 0.0957 e. The lowest BCUT2D eigenvalue weighted by atomic mass is 10.1. The van der Waals surface area contributed by atoms with E-state index in [2.05, 4.69) is 17.9 Å². The molecule has 0 fully saturated rings. The lowest BCUT2D eigenvalue weighted by Crippen LogP contribution is -1.79. The maximum absolute atomic E-state index is 9.10. The van der Waals surface area contributed by atoms with Gasteiger partial charge in [-0.2, -0.15) is 5.26 Å². The van der Waals surface area contributed by atoms with Crippen LogP contribution in [0.3, 0.4) is 0 Å². The van der Waals surface area contributed by atoms with Crippen LogP contribution in [-0.4, -0.2) is 0 Å². The fourth-order valence-electron chi connectivity index (χ4n) is 1.64.